The van der Waals surface area contributed by atoms with E-state index in [0.717, 1.165) is 5.69 Å². The van der Waals surface area contributed by atoms with Gasteiger partial charge in [0.25, 0.3) is 0 Å². The van der Waals surface area contributed by atoms with Gasteiger partial charge in [-0.2, -0.15) is 0 Å². The van der Waals surface area contributed by atoms with E-state index in [9.17, 15) is 9.59 Å². The molecule has 0 radical (unpaired) electrons. The van der Waals surface area contributed by atoms with Crippen molar-refractivity contribution in [3.05, 3.63) is 35.6 Å². The van der Waals surface area contributed by atoms with Gasteiger partial charge in [-0.1, -0.05) is 6.07 Å². The average Bonchev–Trinajstić information content (AvgIpc) is 2.80. The number of nitrogens with one attached hydrogen (secondary N) is 2. The molecule has 6 nitrogen and oxygen atoms in total. The normalized spacial score (nSPS) is 8.72. The van der Waals surface area contributed by atoms with Crippen LogP contribution in [0.2, 0.25) is 0 Å². The first kappa shape index (κ1) is 13.8. The fourth-order valence-electron chi connectivity index (χ4n) is 1.01. The number of aromatic nitrogens is 2. The molecule has 0 unspecified atom stereocenters. The van der Waals surface area contributed by atoms with E-state index in [-0.39, 0.29) is 0 Å². The molecule has 0 aliphatic rings. The van der Waals surface area contributed by atoms with Crippen LogP contribution in [0.25, 0.3) is 0 Å². The summed E-state index contributed by atoms with van der Waals surface area (Å²) in [5.74, 6) is 0.372. The highest BCUT2D eigenvalue weighted by Crippen LogP contribution is 2.23. The van der Waals surface area contributed by atoms with Crippen LogP contribution >= 0.6 is 11.3 Å². The molecule has 2 amide bonds. The number of aryl methyl sites for hydroxylation is 1. The molecule has 7 heteroatoms. The highest BCUT2D eigenvalue weighted by molar-refractivity contribution is 7.14. The van der Waals surface area contributed by atoms with Gasteiger partial charge in [0, 0.05) is 11.9 Å². The SMILES string of the molecule is Cc1ccccn1.O=CNc1ncsc1NC=O. The van der Waals surface area contributed by atoms with Crippen LogP contribution < -0.4 is 10.6 Å². The van der Waals surface area contributed by atoms with Crippen LogP contribution in [-0.4, -0.2) is 22.8 Å². The maximum atomic E-state index is 9.98. The molecule has 2 aromatic heterocycles. The second-order valence-electron chi connectivity index (χ2n) is 3.03. The van der Waals surface area contributed by atoms with Gasteiger partial charge in [-0.15, -0.1) is 11.3 Å². The topological polar surface area (TPSA) is 84.0 Å². The Morgan fingerprint density at radius 1 is 1.17 bits per heavy atom. The Kier molecular flexibility index (Phi) is 6.05. The Labute approximate surface area is 108 Å². The van der Waals surface area contributed by atoms with E-state index in [1.807, 2.05) is 25.1 Å². The van der Waals surface area contributed by atoms with E-state index in [1.165, 1.54) is 16.8 Å². The lowest BCUT2D eigenvalue weighted by Crippen LogP contribution is -1.99. The lowest BCUT2D eigenvalue weighted by molar-refractivity contribution is -0.106. The third kappa shape index (κ3) is 4.71. The molecule has 0 bridgehead atoms. The summed E-state index contributed by atoms with van der Waals surface area (Å²) in [6.07, 6.45) is 2.82. The summed E-state index contributed by atoms with van der Waals surface area (Å²) in [4.78, 5) is 27.7. The smallest absolute Gasteiger partial charge is 0.212 e. The fourth-order valence-corrected chi connectivity index (χ4v) is 1.61. The maximum absolute atomic E-state index is 9.98. The lowest BCUT2D eigenvalue weighted by atomic mass is 10.4. The summed E-state index contributed by atoms with van der Waals surface area (Å²) < 4.78 is 0. The van der Waals surface area contributed by atoms with Crippen molar-refractivity contribution >= 4 is 35.0 Å². The average molecular weight is 264 g/mol. The molecule has 0 saturated heterocycles. The largest absolute Gasteiger partial charge is 0.317 e. The summed E-state index contributed by atoms with van der Waals surface area (Å²) in [5.41, 5.74) is 2.60. The molecule has 0 spiro atoms. The second-order valence-corrected chi connectivity index (χ2v) is 3.88. The second kappa shape index (κ2) is 7.91. The number of pyridine rings is 1. The van der Waals surface area contributed by atoms with Gasteiger partial charge in [0.05, 0.1) is 5.51 Å². The Morgan fingerprint density at radius 2 is 1.94 bits per heavy atom. The summed E-state index contributed by atoms with van der Waals surface area (Å²) in [6.45, 7) is 1.97. The van der Waals surface area contributed by atoms with Gasteiger partial charge in [0.15, 0.2) is 5.82 Å². The number of thiazole rings is 1. The number of carbonyl (C=O) groups excluding carboxylic acids is 2. The van der Waals surface area contributed by atoms with Crippen LogP contribution in [0.3, 0.4) is 0 Å². The van der Waals surface area contributed by atoms with E-state index in [1.54, 1.807) is 6.20 Å². The molecular formula is C11H12N4O2S. The summed E-state index contributed by atoms with van der Waals surface area (Å²) >= 11 is 1.24. The van der Waals surface area contributed by atoms with Gasteiger partial charge in [-0.05, 0) is 19.1 Å². The molecule has 2 rings (SSSR count). The molecule has 2 aromatic rings. The van der Waals surface area contributed by atoms with Crippen LogP contribution in [-0.2, 0) is 9.59 Å². The third-order valence-corrected chi connectivity index (χ3v) is 2.52. The monoisotopic (exact) mass is 264 g/mol. The standard InChI is InChI=1S/C6H7N.C5H5N3O2S/c1-6-4-2-3-5-7-6;9-1-6-4-5(7-2-10)11-3-8-4/h2-5H,1H3;1-3H,(H,6,9)(H,7,10). The molecule has 0 fully saturated rings. The Hall–Kier alpha value is -2.28. The predicted octanol–water partition coefficient (Wildman–Crippen LogP) is 1.67. The molecule has 0 aliphatic carbocycles. The van der Waals surface area contributed by atoms with E-state index in [2.05, 4.69) is 20.6 Å². The van der Waals surface area contributed by atoms with Crippen LogP contribution in [0.15, 0.2) is 29.9 Å². The van der Waals surface area contributed by atoms with Gasteiger partial charge < -0.3 is 10.6 Å². The van der Waals surface area contributed by atoms with Crippen molar-refractivity contribution in [3.8, 4) is 0 Å². The van der Waals surface area contributed by atoms with Gasteiger partial charge in [0.2, 0.25) is 12.8 Å². The number of hydrogen-bond acceptors (Lipinski definition) is 5. The van der Waals surface area contributed by atoms with Crippen molar-refractivity contribution in [2.75, 3.05) is 10.6 Å². The van der Waals surface area contributed by atoms with Crippen LogP contribution in [0.5, 0.6) is 0 Å². The van der Waals surface area contributed by atoms with E-state index in [0.29, 0.717) is 23.6 Å². The van der Waals surface area contributed by atoms with Crippen molar-refractivity contribution in [2.45, 2.75) is 6.92 Å². The zero-order chi connectivity index (χ0) is 13.2. The summed E-state index contributed by atoms with van der Waals surface area (Å²) in [5, 5.41) is 5.27. The van der Waals surface area contributed by atoms with Crippen LogP contribution in [0.4, 0.5) is 10.8 Å². The first-order chi connectivity index (χ1) is 8.77. The highest BCUT2D eigenvalue weighted by atomic mass is 32.1. The number of hydrogen-bond donors (Lipinski definition) is 2. The molecular weight excluding hydrogens is 252 g/mol. The minimum absolute atomic E-state index is 0.372. The van der Waals surface area contributed by atoms with Gasteiger partial charge in [-0.25, -0.2) is 4.98 Å². The van der Waals surface area contributed by atoms with Gasteiger partial charge in [-0.3, -0.25) is 14.6 Å². The van der Waals surface area contributed by atoms with Crippen molar-refractivity contribution in [2.24, 2.45) is 0 Å². The molecule has 2 N–H and O–H groups in total. The Balaban J connectivity index is 0.000000199. The Bertz CT molecular complexity index is 462. The third-order valence-electron chi connectivity index (χ3n) is 1.77. The summed E-state index contributed by atoms with van der Waals surface area (Å²) in [6, 6.07) is 5.86. The number of nitrogens with zero attached hydrogens (tertiary/aromatic N) is 2. The highest BCUT2D eigenvalue weighted by Gasteiger charge is 2.02. The number of carbonyl (C=O) groups is 2. The zero-order valence-electron chi connectivity index (χ0n) is 9.66. The van der Waals surface area contributed by atoms with E-state index < -0.39 is 0 Å². The van der Waals surface area contributed by atoms with Crippen molar-refractivity contribution < 1.29 is 9.59 Å². The van der Waals surface area contributed by atoms with Gasteiger partial charge in [0.1, 0.15) is 5.00 Å². The molecule has 18 heavy (non-hydrogen) atoms. The molecule has 0 atom stereocenters. The molecule has 94 valence electrons. The molecule has 0 aliphatic heterocycles. The number of anilines is 2. The lowest BCUT2D eigenvalue weighted by Gasteiger charge is -1.95. The minimum Gasteiger partial charge on any atom is -0.317 e. The van der Waals surface area contributed by atoms with Crippen molar-refractivity contribution in [1.29, 1.82) is 0 Å². The number of rotatable bonds is 4. The predicted molar refractivity (Wildman–Crippen MR) is 70.5 cm³/mol. The first-order valence-corrected chi connectivity index (χ1v) is 5.87. The van der Waals surface area contributed by atoms with Crippen molar-refractivity contribution in [1.82, 2.24) is 9.97 Å². The van der Waals surface area contributed by atoms with Crippen molar-refractivity contribution in [3.63, 3.8) is 0 Å². The fraction of sp³-hybridized carbons (Fsp3) is 0.0909. The molecule has 0 aromatic carbocycles. The first-order valence-electron chi connectivity index (χ1n) is 4.99. The number of amides is 2. The van der Waals surface area contributed by atoms with Crippen LogP contribution in [0, 0.1) is 6.92 Å². The quantitative estimate of drug-likeness (QED) is 0.823. The van der Waals surface area contributed by atoms with Gasteiger partial charge >= 0.3 is 0 Å². The van der Waals surface area contributed by atoms with E-state index in [4.69, 9.17) is 0 Å². The Morgan fingerprint density at radius 3 is 2.44 bits per heavy atom. The maximum Gasteiger partial charge on any atom is 0.212 e. The van der Waals surface area contributed by atoms with E-state index >= 15 is 0 Å². The van der Waals surface area contributed by atoms with Crippen LogP contribution in [0.1, 0.15) is 5.69 Å². The minimum atomic E-state index is 0.372. The molecule has 2 heterocycles. The summed E-state index contributed by atoms with van der Waals surface area (Å²) in [7, 11) is 0. The zero-order valence-corrected chi connectivity index (χ0v) is 10.5. The molecule has 0 saturated carbocycles.